The second-order valence-corrected chi connectivity index (χ2v) is 9.58. The van der Waals surface area contributed by atoms with E-state index in [0.717, 1.165) is 57.4 Å². The molecule has 2 aliphatic rings. The first-order chi connectivity index (χ1) is 14.3. The molecule has 1 heterocycles. The molecule has 4 rings (SSSR count). The first-order valence-corrected chi connectivity index (χ1v) is 11.5. The number of aliphatic hydroxyl groups is 1. The number of nitrogens with zero attached hydrogens (tertiary/aromatic N) is 1. The van der Waals surface area contributed by atoms with Crippen molar-refractivity contribution in [3.63, 3.8) is 0 Å². The minimum Gasteiger partial charge on any atom is -0.393 e. The Labute approximate surface area is 176 Å². The van der Waals surface area contributed by atoms with Crippen molar-refractivity contribution in [2.45, 2.75) is 80.7 Å². The van der Waals surface area contributed by atoms with E-state index in [-0.39, 0.29) is 17.7 Å². The Morgan fingerprint density at radius 1 is 1.13 bits per heavy atom. The van der Waals surface area contributed by atoms with Crippen molar-refractivity contribution in [3.05, 3.63) is 33.9 Å². The molecule has 0 spiro atoms. The van der Waals surface area contributed by atoms with Gasteiger partial charge in [0.25, 0.3) is 5.56 Å². The maximum Gasteiger partial charge on any atom is 0.417 e. The number of anilines is 1. The van der Waals surface area contributed by atoms with Gasteiger partial charge in [-0.25, -0.2) is 4.98 Å². The van der Waals surface area contributed by atoms with Crippen LogP contribution in [0.2, 0.25) is 0 Å². The van der Waals surface area contributed by atoms with Crippen molar-refractivity contribution in [1.29, 1.82) is 0 Å². The van der Waals surface area contributed by atoms with E-state index in [0.29, 0.717) is 22.5 Å². The second-order valence-electron chi connectivity index (χ2n) is 8.30. The average Bonchev–Trinajstić information content (AvgIpc) is 3.19. The average molecular weight is 442 g/mol. The topological polar surface area (TPSA) is 78.0 Å². The summed E-state index contributed by atoms with van der Waals surface area (Å²) < 4.78 is 41.0. The van der Waals surface area contributed by atoms with Crippen LogP contribution in [0.4, 0.5) is 18.9 Å². The van der Waals surface area contributed by atoms with Gasteiger partial charge < -0.3 is 15.4 Å². The van der Waals surface area contributed by atoms with Gasteiger partial charge in [-0.05, 0) is 50.7 Å². The predicted molar refractivity (Wildman–Crippen MR) is 113 cm³/mol. The van der Waals surface area contributed by atoms with Crippen molar-refractivity contribution < 1.29 is 18.3 Å². The molecule has 0 saturated heterocycles. The number of thioether (sulfide) groups is 1. The maximum absolute atomic E-state index is 13.7. The number of H-pyrrole nitrogens is 1. The molecule has 164 valence electrons. The third kappa shape index (κ3) is 4.94. The molecule has 30 heavy (non-hydrogen) atoms. The van der Waals surface area contributed by atoms with Gasteiger partial charge in [0.1, 0.15) is 5.82 Å². The van der Waals surface area contributed by atoms with Crippen molar-refractivity contribution in [3.8, 4) is 0 Å². The van der Waals surface area contributed by atoms with Gasteiger partial charge in [0.15, 0.2) is 0 Å². The van der Waals surface area contributed by atoms with Crippen LogP contribution in [0, 0.1) is 0 Å². The molecule has 0 bridgehead atoms. The van der Waals surface area contributed by atoms with Crippen LogP contribution < -0.4 is 10.9 Å². The summed E-state index contributed by atoms with van der Waals surface area (Å²) in [7, 11) is 0. The standard InChI is InChI=1S/C21H26F3N3O2S/c22-21(23,24)16-9-13(25-12-3-1-2-4-12)10-17-19(16)20(29)27-18(26-17)11-30-15-7-5-14(28)6-8-15/h9-10,12,14-15,25,28H,1-8,11H2,(H,26,27,29). The molecule has 2 fully saturated rings. The lowest BCUT2D eigenvalue weighted by molar-refractivity contribution is -0.136. The molecule has 9 heteroatoms. The number of rotatable bonds is 5. The molecule has 2 saturated carbocycles. The number of hydrogen-bond donors (Lipinski definition) is 3. The fourth-order valence-corrected chi connectivity index (χ4v) is 5.55. The van der Waals surface area contributed by atoms with Crippen LogP contribution in [0.15, 0.2) is 16.9 Å². The third-order valence-electron chi connectivity index (χ3n) is 5.99. The molecule has 2 aliphatic carbocycles. The van der Waals surface area contributed by atoms with E-state index in [1.54, 1.807) is 17.8 Å². The summed E-state index contributed by atoms with van der Waals surface area (Å²) >= 11 is 1.63. The smallest absolute Gasteiger partial charge is 0.393 e. The molecule has 3 N–H and O–H groups in total. The number of alkyl halides is 3. The number of aliphatic hydroxyl groups excluding tert-OH is 1. The van der Waals surface area contributed by atoms with Crippen LogP contribution in [0.5, 0.6) is 0 Å². The Morgan fingerprint density at radius 3 is 2.50 bits per heavy atom. The summed E-state index contributed by atoms with van der Waals surface area (Å²) in [4.78, 5) is 19.5. The number of aromatic nitrogens is 2. The molecule has 0 aliphatic heterocycles. The Balaban J connectivity index is 1.63. The van der Waals surface area contributed by atoms with E-state index in [4.69, 9.17) is 0 Å². The zero-order valence-corrected chi connectivity index (χ0v) is 17.4. The molecular weight excluding hydrogens is 415 g/mol. The van der Waals surface area contributed by atoms with E-state index in [1.807, 2.05) is 0 Å². The first-order valence-electron chi connectivity index (χ1n) is 10.5. The van der Waals surface area contributed by atoms with Gasteiger partial charge in [-0.15, -0.1) is 0 Å². The van der Waals surface area contributed by atoms with Gasteiger partial charge in [-0.2, -0.15) is 24.9 Å². The Kier molecular flexibility index (Phi) is 6.29. The number of nitrogens with one attached hydrogen (secondary N) is 2. The summed E-state index contributed by atoms with van der Waals surface area (Å²) in [5.41, 5.74) is -1.27. The molecule has 0 unspecified atom stereocenters. The van der Waals surface area contributed by atoms with E-state index in [1.165, 1.54) is 0 Å². The van der Waals surface area contributed by atoms with Gasteiger partial charge in [0.05, 0.1) is 28.3 Å². The summed E-state index contributed by atoms with van der Waals surface area (Å²) in [5.74, 6) is 0.808. The lowest BCUT2D eigenvalue weighted by Gasteiger charge is -2.24. The van der Waals surface area contributed by atoms with Crippen LogP contribution in [0.1, 0.15) is 62.8 Å². The van der Waals surface area contributed by atoms with E-state index >= 15 is 0 Å². The van der Waals surface area contributed by atoms with Crippen LogP contribution in [0.25, 0.3) is 10.9 Å². The van der Waals surface area contributed by atoms with Gasteiger partial charge in [-0.1, -0.05) is 12.8 Å². The van der Waals surface area contributed by atoms with Crippen LogP contribution >= 0.6 is 11.8 Å². The number of hydrogen-bond acceptors (Lipinski definition) is 5. The fourth-order valence-electron chi connectivity index (χ4n) is 4.41. The lowest BCUT2D eigenvalue weighted by Crippen LogP contribution is -2.21. The van der Waals surface area contributed by atoms with Crippen molar-refractivity contribution in [1.82, 2.24) is 9.97 Å². The summed E-state index contributed by atoms with van der Waals surface area (Å²) in [6.45, 7) is 0. The number of fused-ring (bicyclic) bond motifs is 1. The van der Waals surface area contributed by atoms with Crippen LogP contribution in [-0.4, -0.2) is 32.5 Å². The molecule has 5 nitrogen and oxygen atoms in total. The van der Waals surface area contributed by atoms with Crippen molar-refractivity contribution in [2.75, 3.05) is 5.32 Å². The minimum atomic E-state index is -4.64. The fraction of sp³-hybridized carbons (Fsp3) is 0.619. The monoisotopic (exact) mass is 441 g/mol. The molecule has 2 aromatic rings. The van der Waals surface area contributed by atoms with Crippen molar-refractivity contribution in [2.24, 2.45) is 0 Å². The van der Waals surface area contributed by atoms with Gasteiger partial charge in [0, 0.05) is 17.0 Å². The van der Waals surface area contributed by atoms with Gasteiger partial charge in [0.2, 0.25) is 0 Å². The summed E-state index contributed by atoms with van der Waals surface area (Å²) in [5, 5.41) is 12.8. The molecule has 0 radical (unpaired) electrons. The number of benzene rings is 1. The number of halogens is 3. The van der Waals surface area contributed by atoms with Crippen LogP contribution in [0.3, 0.4) is 0 Å². The SMILES string of the molecule is O=c1[nH]c(CSC2CCC(O)CC2)nc2cc(NC3CCCC3)cc(C(F)(F)F)c12. The highest BCUT2D eigenvalue weighted by atomic mass is 32.2. The largest absolute Gasteiger partial charge is 0.417 e. The van der Waals surface area contributed by atoms with E-state index in [2.05, 4.69) is 15.3 Å². The first kappa shape index (κ1) is 21.5. The number of aromatic amines is 1. The highest BCUT2D eigenvalue weighted by Gasteiger charge is 2.35. The normalized spacial score (nSPS) is 23.2. The molecule has 1 aromatic carbocycles. The van der Waals surface area contributed by atoms with Gasteiger partial charge in [-0.3, -0.25) is 4.79 Å². The predicted octanol–water partition coefficient (Wildman–Crippen LogP) is 4.83. The highest BCUT2D eigenvalue weighted by Crippen LogP contribution is 2.36. The zero-order valence-electron chi connectivity index (χ0n) is 16.6. The molecule has 0 amide bonds. The Hall–Kier alpha value is -1.74. The highest BCUT2D eigenvalue weighted by molar-refractivity contribution is 7.99. The van der Waals surface area contributed by atoms with Crippen molar-refractivity contribution >= 4 is 28.4 Å². The zero-order chi connectivity index (χ0) is 21.3. The molecule has 0 atom stereocenters. The van der Waals surface area contributed by atoms with E-state index in [9.17, 15) is 23.1 Å². The maximum atomic E-state index is 13.7. The molecule has 1 aromatic heterocycles. The summed E-state index contributed by atoms with van der Waals surface area (Å²) in [6, 6.07) is 2.74. The lowest BCUT2D eigenvalue weighted by atomic mass is 9.97. The Bertz CT molecular complexity index is 949. The Morgan fingerprint density at radius 2 is 1.83 bits per heavy atom. The van der Waals surface area contributed by atoms with E-state index < -0.39 is 22.7 Å². The van der Waals surface area contributed by atoms with Crippen LogP contribution in [-0.2, 0) is 11.9 Å². The molecular formula is C21H26F3N3O2S. The third-order valence-corrected chi connectivity index (χ3v) is 7.37. The quantitative estimate of drug-likeness (QED) is 0.619. The minimum absolute atomic E-state index is 0.0729. The van der Waals surface area contributed by atoms with Gasteiger partial charge >= 0.3 is 6.18 Å². The second kappa shape index (κ2) is 8.78. The summed E-state index contributed by atoms with van der Waals surface area (Å²) in [6.07, 6.45) is 2.39.